The molecule has 0 saturated carbocycles. The molecule has 7 nitrogen and oxygen atoms in total. The van der Waals surface area contributed by atoms with Crippen LogP contribution in [0.25, 0.3) is 16.9 Å². The molecule has 0 fully saturated rings. The van der Waals surface area contributed by atoms with Gasteiger partial charge in [0.25, 0.3) is 5.91 Å². The summed E-state index contributed by atoms with van der Waals surface area (Å²) < 4.78 is 25.2. The standard InChI is InChI=1S/C21H17FN4O3S/c1-28-15-7-8-16(19(11-15)29-2)18-12-30-21(23-18)24-20(27)17-9-10-26(25-17)14-5-3-13(22)4-6-14/h3-12H,1-2H3,(H,23,24,27). The summed E-state index contributed by atoms with van der Waals surface area (Å²) in [5, 5.41) is 9.26. The van der Waals surface area contributed by atoms with Crippen LogP contribution in [0.15, 0.2) is 60.1 Å². The number of carbonyl (C=O) groups is 1. The summed E-state index contributed by atoms with van der Waals surface area (Å²) in [5.74, 6) is 0.571. The molecule has 0 unspecified atom stereocenters. The molecule has 152 valence electrons. The van der Waals surface area contributed by atoms with Crippen molar-refractivity contribution in [3.05, 3.63) is 71.6 Å². The van der Waals surface area contributed by atoms with Crippen LogP contribution in [0.1, 0.15) is 10.5 Å². The number of carbonyl (C=O) groups excluding carboxylic acids is 1. The Hall–Kier alpha value is -3.72. The van der Waals surface area contributed by atoms with Crippen molar-refractivity contribution >= 4 is 22.4 Å². The van der Waals surface area contributed by atoms with Gasteiger partial charge >= 0.3 is 0 Å². The fourth-order valence-electron chi connectivity index (χ4n) is 2.81. The maximum absolute atomic E-state index is 13.1. The van der Waals surface area contributed by atoms with Gasteiger partial charge in [-0.25, -0.2) is 14.1 Å². The van der Waals surface area contributed by atoms with Crippen molar-refractivity contribution in [2.45, 2.75) is 0 Å². The van der Waals surface area contributed by atoms with Crippen LogP contribution in [0.5, 0.6) is 11.5 Å². The van der Waals surface area contributed by atoms with Crippen molar-refractivity contribution in [3.63, 3.8) is 0 Å². The third-order valence-corrected chi connectivity index (χ3v) is 5.08. The topological polar surface area (TPSA) is 78.3 Å². The Balaban J connectivity index is 1.50. The number of rotatable bonds is 6. The number of ether oxygens (including phenoxy) is 2. The zero-order chi connectivity index (χ0) is 21.1. The summed E-state index contributed by atoms with van der Waals surface area (Å²) in [7, 11) is 3.16. The second kappa shape index (κ2) is 8.34. The Bertz CT molecular complexity index is 1190. The van der Waals surface area contributed by atoms with Gasteiger partial charge in [-0.1, -0.05) is 0 Å². The van der Waals surface area contributed by atoms with E-state index in [0.29, 0.717) is 28.0 Å². The highest BCUT2D eigenvalue weighted by atomic mass is 32.1. The monoisotopic (exact) mass is 424 g/mol. The van der Waals surface area contributed by atoms with Gasteiger partial charge in [0.2, 0.25) is 0 Å². The largest absolute Gasteiger partial charge is 0.497 e. The zero-order valence-electron chi connectivity index (χ0n) is 16.1. The molecule has 0 spiro atoms. The van der Waals surface area contributed by atoms with Gasteiger partial charge in [-0.05, 0) is 42.5 Å². The van der Waals surface area contributed by atoms with E-state index < -0.39 is 5.91 Å². The normalized spacial score (nSPS) is 10.6. The van der Waals surface area contributed by atoms with Gasteiger partial charge in [-0.15, -0.1) is 11.3 Å². The molecule has 9 heteroatoms. The minimum Gasteiger partial charge on any atom is -0.497 e. The first-order valence-electron chi connectivity index (χ1n) is 8.88. The van der Waals surface area contributed by atoms with Crippen LogP contribution in [-0.4, -0.2) is 34.9 Å². The van der Waals surface area contributed by atoms with Gasteiger partial charge in [0.15, 0.2) is 10.8 Å². The van der Waals surface area contributed by atoms with Crippen LogP contribution in [-0.2, 0) is 0 Å². The van der Waals surface area contributed by atoms with Gasteiger partial charge in [-0.3, -0.25) is 10.1 Å². The molecule has 0 aliphatic carbocycles. The van der Waals surface area contributed by atoms with Crippen LogP contribution in [0, 0.1) is 5.82 Å². The van der Waals surface area contributed by atoms with Gasteiger partial charge < -0.3 is 9.47 Å². The van der Waals surface area contributed by atoms with E-state index in [4.69, 9.17) is 9.47 Å². The lowest BCUT2D eigenvalue weighted by molar-refractivity contribution is 0.102. The van der Waals surface area contributed by atoms with E-state index in [-0.39, 0.29) is 11.5 Å². The minimum absolute atomic E-state index is 0.220. The number of nitrogens with zero attached hydrogens (tertiary/aromatic N) is 3. The van der Waals surface area contributed by atoms with Gasteiger partial charge in [0.05, 0.1) is 25.6 Å². The summed E-state index contributed by atoms with van der Waals surface area (Å²) in [4.78, 5) is 17.0. The van der Waals surface area contributed by atoms with Gasteiger partial charge in [-0.2, -0.15) is 5.10 Å². The molecule has 1 N–H and O–H groups in total. The molecule has 0 atom stereocenters. The Morgan fingerprint density at radius 1 is 1.10 bits per heavy atom. The first-order chi connectivity index (χ1) is 14.6. The van der Waals surface area contributed by atoms with E-state index in [9.17, 15) is 9.18 Å². The number of thiazole rings is 1. The SMILES string of the molecule is COc1ccc(-c2csc(NC(=O)c3ccn(-c4ccc(F)cc4)n3)n2)c(OC)c1. The van der Waals surface area contributed by atoms with Crippen molar-refractivity contribution in [2.24, 2.45) is 0 Å². The first kappa shape index (κ1) is 19.6. The number of amides is 1. The lowest BCUT2D eigenvalue weighted by Crippen LogP contribution is -2.13. The summed E-state index contributed by atoms with van der Waals surface area (Å²) in [6.07, 6.45) is 1.64. The van der Waals surface area contributed by atoms with Crippen LogP contribution >= 0.6 is 11.3 Å². The van der Waals surface area contributed by atoms with E-state index in [1.54, 1.807) is 44.7 Å². The van der Waals surface area contributed by atoms with Crippen molar-refractivity contribution in [3.8, 4) is 28.4 Å². The second-order valence-corrected chi connectivity index (χ2v) is 7.04. The molecular weight excluding hydrogens is 407 g/mol. The molecule has 0 saturated heterocycles. The maximum atomic E-state index is 13.1. The Kier molecular flexibility index (Phi) is 5.44. The van der Waals surface area contributed by atoms with Crippen LogP contribution in [0.4, 0.5) is 9.52 Å². The first-order valence-corrected chi connectivity index (χ1v) is 9.76. The zero-order valence-corrected chi connectivity index (χ0v) is 16.9. The number of methoxy groups -OCH3 is 2. The Morgan fingerprint density at radius 3 is 2.63 bits per heavy atom. The third kappa shape index (κ3) is 4.01. The van der Waals surface area contributed by atoms with Crippen LogP contribution in [0.3, 0.4) is 0 Å². The molecule has 1 amide bonds. The quantitative estimate of drug-likeness (QED) is 0.496. The lowest BCUT2D eigenvalue weighted by atomic mass is 10.1. The van der Waals surface area contributed by atoms with E-state index >= 15 is 0 Å². The fraction of sp³-hybridized carbons (Fsp3) is 0.0952. The highest BCUT2D eigenvalue weighted by Gasteiger charge is 2.15. The molecular formula is C21H17FN4O3S. The van der Waals surface area contributed by atoms with Crippen LogP contribution < -0.4 is 14.8 Å². The number of anilines is 1. The van der Waals surface area contributed by atoms with Crippen molar-refractivity contribution < 1.29 is 18.7 Å². The number of halogens is 1. The highest BCUT2D eigenvalue weighted by molar-refractivity contribution is 7.14. The lowest BCUT2D eigenvalue weighted by Gasteiger charge is -2.08. The average Bonchev–Trinajstić information content (AvgIpc) is 3.44. The number of aromatic nitrogens is 3. The summed E-state index contributed by atoms with van der Waals surface area (Å²) >= 11 is 1.30. The summed E-state index contributed by atoms with van der Waals surface area (Å²) in [6.45, 7) is 0. The van der Waals surface area contributed by atoms with Gasteiger partial charge in [0.1, 0.15) is 17.3 Å². The van der Waals surface area contributed by atoms with Crippen LogP contribution in [0.2, 0.25) is 0 Å². The fourth-order valence-corrected chi connectivity index (χ4v) is 3.51. The van der Waals surface area contributed by atoms with E-state index in [1.807, 2.05) is 17.5 Å². The minimum atomic E-state index is -0.390. The number of hydrogen-bond acceptors (Lipinski definition) is 6. The Morgan fingerprint density at radius 2 is 1.90 bits per heavy atom. The maximum Gasteiger partial charge on any atom is 0.277 e. The van der Waals surface area contributed by atoms with E-state index in [0.717, 1.165) is 5.56 Å². The third-order valence-electron chi connectivity index (χ3n) is 4.32. The van der Waals surface area contributed by atoms with Crippen molar-refractivity contribution in [2.75, 3.05) is 19.5 Å². The summed E-state index contributed by atoms with van der Waals surface area (Å²) in [6, 6.07) is 12.9. The predicted molar refractivity (Wildman–Crippen MR) is 112 cm³/mol. The number of hydrogen-bond donors (Lipinski definition) is 1. The van der Waals surface area contributed by atoms with E-state index in [1.165, 1.54) is 28.2 Å². The molecule has 0 bridgehead atoms. The molecule has 30 heavy (non-hydrogen) atoms. The number of nitrogens with one attached hydrogen (secondary N) is 1. The molecule has 0 aliphatic heterocycles. The predicted octanol–water partition coefficient (Wildman–Crippen LogP) is 4.40. The molecule has 4 rings (SSSR count). The average molecular weight is 424 g/mol. The molecule has 0 aliphatic rings. The smallest absolute Gasteiger partial charge is 0.277 e. The highest BCUT2D eigenvalue weighted by Crippen LogP contribution is 2.34. The van der Waals surface area contributed by atoms with Crippen molar-refractivity contribution in [1.29, 1.82) is 0 Å². The van der Waals surface area contributed by atoms with Gasteiger partial charge in [0, 0.05) is 23.2 Å². The molecule has 2 aromatic heterocycles. The summed E-state index contributed by atoms with van der Waals surface area (Å²) in [5.41, 5.74) is 2.33. The van der Waals surface area contributed by atoms with E-state index in [2.05, 4.69) is 15.4 Å². The number of benzene rings is 2. The second-order valence-electron chi connectivity index (χ2n) is 6.18. The van der Waals surface area contributed by atoms with Crippen molar-refractivity contribution in [1.82, 2.24) is 14.8 Å². The Labute approximate surface area is 175 Å². The molecule has 4 aromatic rings. The molecule has 2 aromatic carbocycles. The molecule has 0 radical (unpaired) electrons. The molecule has 2 heterocycles.